The Bertz CT molecular complexity index is 1190. The highest BCUT2D eigenvalue weighted by molar-refractivity contribution is 7.17. The summed E-state index contributed by atoms with van der Waals surface area (Å²) in [6.45, 7) is 5.08. The van der Waals surface area contributed by atoms with Gasteiger partial charge in [-0.05, 0) is 56.2 Å². The summed E-state index contributed by atoms with van der Waals surface area (Å²) in [4.78, 5) is 21.8. The fourth-order valence-corrected chi connectivity index (χ4v) is 5.09. The molecule has 140 valence electrons. The summed E-state index contributed by atoms with van der Waals surface area (Å²) in [5.74, 6) is 1.01. The zero-order valence-corrected chi connectivity index (χ0v) is 16.7. The molecule has 1 atom stereocenters. The normalized spacial score (nSPS) is 15.9. The Kier molecular flexibility index (Phi) is 4.05. The minimum atomic E-state index is 0.0767. The van der Waals surface area contributed by atoms with E-state index in [0.29, 0.717) is 0 Å². The molecule has 4 nitrogen and oxygen atoms in total. The lowest BCUT2D eigenvalue weighted by Gasteiger charge is -2.21. The molecule has 3 heterocycles. The van der Waals surface area contributed by atoms with Crippen molar-refractivity contribution >= 4 is 34.0 Å². The topological polar surface area (TPSA) is 38.1 Å². The molecule has 2 aromatic heterocycles. The number of carbonyl (C=O) groups is 1. The van der Waals surface area contributed by atoms with Crippen LogP contribution in [-0.2, 0) is 13.0 Å². The first kappa shape index (κ1) is 17.2. The van der Waals surface area contributed by atoms with E-state index in [4.69, 9.17) is 4.98 Å². The van der Waals surface area contributed by atoms with Crippen LogP contribution in [0.3, 0.4) is 0 Å². The van der Waals surface area contributed by atoms with Crippen molar-refractivity contribution in [3.63, 3.8) is 0 Å². The average molecular weight is 388 g/mol. The molecule has 0 fully saturated rings. The van der Waals surface area contributed by atoms with Gasteiger partial charge in [-0.15, -0.1) is 11.3 Å². The lowest BCUT2D eigenvalue weighted by molar-refractivity contribution is 0.0985. The van der Waals surface area contributed by atoms with Crippen molar-refractivity contribution in [3.05, 3.63) is 71.1 Å². The Labute approximate surface area is 168 Å². The third-order valence-corrected chi connectivity index (χ3v) is 6.50. The van der Waals surface area contributed by atoms with Gasteiger partial charge in [0.15, 0.2) is 5.82 Å². The second-order valence-electron chi connectivity index (χ2n) is 7.19. The smallest absolute Gasteiger partial charge is 0.268 e. The van der Waals surface area contributed by atoms with Crippen LogP contribution in [0, 0.1) is 0 Å². The molecule has 1 amide bonds. The number of thiophene rings is 1. The molecule has 0 saturated carbocycles. The lowest BCUT2D eigenvalue weighted by Crippen LogP contribution is -2.35. The van der Waals surface area contributed by atoms with Crippen LogP contribution < -0.4 is 4.90 Å². The van der Waals surface area contributed by atoms with Crippen LogP contribution in [-0.4, -0.2) is 21.5 Å². The number of fused-ring (bicyclic) bond motifs is 2. The predicted molar refractivity (Wildman–Crippen MR) is 115 cm³/mol. The minimum Gasteiger partial charge on any atom is -0.324 e. The molecule has 2 aromatic carbocycles. The molecule has 0 N–H and O–H groups in total. The van der Waals surface area contributed by atoms with E-state index in [2.05, 4.69) is 30.5 Å². The number of hydrogen-bond acceptors (Lipinski definition) is 3. The molecule has 0 saturated heterocycles. The first-order valence-corrected chi connectivity index (χ1v) is 10.5. The largest absolute Gasteiger partial charge is 0.324 e. The molecule has 0 radical (unpaired) electrons. The second kappa shape index (κ2) is 6.60. The molecule has 0 aliphatic carbocycles. The zero-order chi connectivity index (χ0) is 19.3. The Morgan fingerprint density at radius 3 is 2.75 bits per heavy atom. The highest BCUT2D eigenvalue weighted by Crippen LogP contribution is 2.36. The molecule has 1 aliphatic rings. The van der Waals surface area contributed by atoms with Gasteiger partial charge in [0.1, 0.15) is 0 Å². The standard InChI is InChI=1S/C23H21N3OS/c1-3-25-19-11-7-5-9-17(19)24-22(25)20-12-13-21(28-20)23(27)26-15(2)14-16-8-4-6-10-18(16)26/h4-13,15H,3,14H2,1-2H3. The van der Waals surface area contributed by atoms with Gasteiger partial charge in [0.2, 0.25) is 0 Å². The number of anilines is 1. The number of rotatable bonds is 3. The van der Waals surface area contributed by atoms with E-state index in [1.165, 1.54) is 16.9 Å². The fraction of sp³-hybridized carbons (Fsp3) is 0.217. The first-order valence-electron chi connectivity index (χ1n) is 9.64. The van der Waals surface area contributed by atoms with E-state index in [-0.39, 0.29) is 11.9 Å². The number of hydrogen-bond donors (Lipinski definition) is 0. The van der Waals surface area contributed by atoms with E-state index in [0.717, 1.165) is 45.3 Å². The zero-order valence-electron chi connectivity index (χ0n) is 15.9. The number of aromatic nitrogens is 2. The molecular formula is C23H21N3OS. The van der Waals surface area contributed by atoms with Crippen LogP contribution in [0.5, 0.6) is 0 Å². The molecule has 4 aromatic rings. The Hall–Kier alpha value is -2.92. The van der Waals surface area contributed by atoms with Gasteiger partial charge in [0.05, 0.1) is 20.8 Å². The summed E-state index contributed by atoms with van der Waals surface area (Å²) in [5, 5.41) is 0. The van der Waals surface area contributed by atoms with E-state index in [1.54, 1.807) is 0 Å². The van der Waals surface area contributed by atoms with Crippen LogP contribution in [0.25, 0.3) is 21.7 Å². The average Bonchev–Trinajstić information content (AvgIpc) is 3.41. The second-order valence-corrected chi connectivity index (χ2v) is 8.27. The summed E-state index contributed by atoms with van der Waals surface area (Å²) in [5.41, 5.74) is 4.40. The Morgan fingerprint density at radius 2 is 1.89 bits per heavy atom. The highest BCUT2D eigenvalue weighted by atomic mass is 32.1. The van der Waals surface area contributed by atoms with Crippen LogP contribution in [0.1, 0.15) is 29.1 Å². The van der Waals surface area contributed by atoms with Gasteiger partial charge in [0.25, 0.3) is 5.91 Å². The molecular weight excluding hydrogens is 366 g/mol. The Balaban J connectivity index is 1.53. The molecule has 28 heavy (non-hydrogen) atoms. The Morgan fingerprint density at radius 1 is 1.11 bits per heavy atom. The number of imidazole rings is 1. The van der Waals surface area contributed by atoms with E-state index >= 15 is 0 Å². The van der Waals surface area contributed by atoms with E-state index in [9.17, 15) is 4.79 Å². The highest BCUT2D eigenvalue weighted by Gasteiger charge is 2.32. The third-order valence-electron chi connectivity index (χ3n) is 5.43. The van der Waals surface area contributed by atoms with E-state index < -0.39 is 0 Å². The van der Waals surface area contributed by atoms with Gasteiger partial charge >= 0.3 is 0 Å². The van der Waals surface area contributed by atoms with Gasteiger partial charge in [-0.2, -0.15) is 0 Å². The van der Waals surface area contributed by atoms with Gasteiger partial charge in [0, 0.05) is 18.3 Å². The summed E-state index contributed by atoms with van der Waals surface area (Å²) >= 11 is 1.53. The number of nitrogens with zero attached hydrogens (tertiary/aromatic N) is 3. The molecule has 1 aliphatic heterocycles. The van der Waals surface area contributed by atoms with Gasteiger partial charge in [-0.25, -0.2) is 4.98 Å². The first-order chi connectivity index (χ1) is 13.7. The maximum absolute atomic E-state index is 13.3. The third kappa shape index (κ3) is 2.58. The lowest BCUT2D eigenvalue weighted by atomic mass is 10.1. The summed E-state index contributed by atoms with van der Waals surface area (Å²) < 4.78 is 2.21. The van der Waals surface area contributed by atoms with Crippen LogP contribution in [0.4, 0.5) is 5.69 Å². The number of aryl methyl sites for hydroxylation is 1. The number of amides is 1. The minimum absolute atomic E-state index is 0.0767. The molecule has 1 unspecified atom stereocenters. The van der Waals surface area contributed by atoms with E-state index in [1.807, 2.05) is 53.4 Å². The molecule has 5 rings (SSSR count). The van der Waals surface area contributed by atoms with Crippen molar-refractivity contribution < 1.29 is 4.79 Å². The van der Waals surface area contributed by atoms with Crippen molar-refractivity contribution in [2.24, 2.45) is 0 Å². The maximum Gasteiger partial charge on any atom is 0.268 e. The maximum atomic E-state index is 13.3. The molecule has 0 bridgehead atoms. The van der Waals surface area contributed by atoms with Crippen molar-refractivity contribution in [3.8, 4) is 10.7 Å². The monoisotopic (exact) mass is 387 g/mol. The number of carbonyl (C=O) groups excluding carboxylic acids is 1. The van der Waals surface area contributed by atoms with Gasteiger partial charge < -0.3 is 9.47 Å². The van der Waals surface area contributed by atoms with Crippen LogP contribution >= 0.6 is 11.3 Å². The molecule has 5 heteroatoms. The van der Waals surface area contributed by atoms with Crippen LogP contribution in [0.2, 0.25) is 0 Å². The number of para-hydroxylation sites is 3. The quantitative estimate of drug-likeness (QED) is 0.474. The van der Waals surface area contributed by atoms with Crippen molar-refractivity contribution in [1.29, 1.82) is 0 Å². The summed E-state index contributed by atoms with van der Waals surface area (Å²) in [6.07, 6.45) is 0.909. The molecule has 0 spiro atoms. The van der Waals surface area contributed by atoms with Gasteiger partial charge in [-0.3, -0.25) is 4.79 Å². The van der Waals surface area contributed by atoms with Gasteiger partial charge in [-0.1, -0.05) is 30.3 Å². The van der Waals surface area contributed by atoms with Crippen molar-refractivity contribution in [2.45, 2.75) is 32.9 Å². The van der Waals surface area contributed by atoms with Crippen molar-refractivity contribution in [2.75, 3.05) is 4.90 Å². The SMILES string of the molecule is CCn1c(-c2ccc(C(=O)N3c4ccccc4CC3C)s2)nc2ccccc21. The fourth-order valence-electron chi connectivity index (χ4n) is 4.15. The predicted octanol–water partition coefficient (Wildman–Crippen LogP) is 5.38. The summed E-state index contributed by atoms with van der Waals surface area (Å²) in [7, 11) is 0. The van der Waals surface area contributed by atoms with Crippen LogP contribution in [0.15, 0.2) is 60.7 Å². The number of benzene rings is 2. The van der Waals surface area contributed by atoms with Crippen molar-refractivity contribution in [1.82, 2.24) is 9.55 Å². The summed E-state index contributed by atoms with van der Waals surface area (Å²) in [6, 6.07) is 20.5.